The lowest BCUT2D eigenvalue weighted by atomic mass is 10.1. The molecule has 1 aliphatic heterocycles. The molecule has 7 heteroatoms. The lowest BCUT2D eigenvalue weighted by Gasteiger charge is -2.20. The van der Waals surface area contributed by atoms with Crippen molar-refractivity contribution in [1.29, 1.82) is 0 Å². The summed E-state index contributed by atoms with van der Waals surface area (Å²) >= 11 is 0. The lowest BCUT2D eigenvalue weighted by molar-refractivity contribution is 0.251. The Morgan fingerprint density at radius 2 is 2.09 bits per heavy atom. The molecule has 0 bridgehead atoms. The van der Waals surface area contributed by atoms with Crippen molar-refractivity contribution in [2.75, 3.05) is 28.5 Å². The minimum Gasteiger partial charge on any atom is -0.338 e. The van der Waals surface area contributed by atoms with Gasteiger partial charge >= 0.3 is 6.03 Å². The molecule has 0 radical (unpaired) electrons. The zero-order valence-corrected chi connectivity index (χ0v) is 14.0. The highest BCUT2D eigenvalue weighted by molar-refractivity contribution is 7.93. The molecule has 6 nitrogen and oxygen atoms in total. The predicted octanol–water partition coefficient (Wildman–Crippen LogP) is 2.31. The molecule has 0 saturated carbocycles. The van der Waals surface area contributed by atoms with Crippen molar-refractivity contribution in [2.45, 2.75) is 27.2 Å². The van der Waals surface area contributed by atoms with Crippen molar-refractivity contribution in [2.24, 2.45) is 5.92 Å². The summed E-state index contributed by atoms with van der Waals surface area (Å²) < 4.78 is 25.5. The maximum Gasteiger partial charge on any atom is 0.319 e. The molecule has 2 amide bonds. The van der Waals surface area contributed by atoms with Gasteiger partial charge in [0, 0.05) is 18.8 Å². The van der Waals surface area contributed by atoms with Crippen molar-refractivity contribution >= 4 is 27.4 Å². The second-order valence-corrected chi connectivity index (χ2v) is 7.98. The third-order valence-electron chi connectivity index (χ3n) is 3.51. The van der Waals surface area contributed by atoms with Gasteiger partial charge in [0.05, 0.1) is 11.4 Å². The monoisotopic (exact) mass is 325 g/mol. The molecule has 0 aromatic heterocycles. The van der Waals surface area contributed by atoms with Crippen LogP contribution in [0.3, 0.4) is 0 Å². The summed E-state index contributed by atoms with van der Waals surface area (Å²) in [5.41, 5.74) is 2.10. The first-order valence-electron chi connectivity index (χ1n) is 7.45. The average Bonchev–Trinajstić information content (AvgIpc) is 2.78. The van der Waals surface area contributed by atoms with Crippen molar-refractivity contribution in [3.8, 4) is 0 Å². The summed E-state index contributed by atoms with van der Waals surface area (Å²) in [5, 5.41) is 5.51. The molecular formula is C15H23N3O3S. The van der Waals surface area contributed by atoms with Crippen LogP contribution in [0.25, 0.3) is 0 Å². The standard InChI is InChI=1S/C15H23N3O3S/c1-11(2)10-16-15(19)17-13-6-5-12(3)14(9-13)18-7-4-8-22(18,20)21/h5-6,9,11H,4,7-8,10H2,1-3H3,(H2,16,17,19). The number of aryl methyl sites for hydroxylation is 1. The Labute approximate surface area is 131 Å². The first-order valence-corrected chi connectivity index (χ1v) is 9.06. The summed E-state index contributed by atoms with van der Waals surface area (Å²) in [5.74, 6) is 0.549. The molecule has 2 rings (SSSR count). The minimum atomic E-state index is -3.22. The Kier molecular flexibility index (Phi) is 4.95. The Morgan fingerprint density at radius 1 is 1.36 bits per heavy atom. The summed E-state index contributed by atoms with van der Waals surface area (Å²) in [6.07, 6.45) is 0.633. The van der Waals surface area contributed by atoms with Gasteiger partial charge in [-0.05, 0) is 37.0 Å². The Bertz CT molecular complexity index is 656. The molecule has 0 spiro atoms. The van der Waals surface area contributed by atoms with Gasteiger partial charge in [-0.2, -0.15) is 0 Å². The van der Waals surface area contributed by atoms with Gasteiger partial charge in [-0.3, -0.25) is 4.31 Å². The van der Waals surface area contributed by atoms with Crippen LogP contribution >= 0.6 is 0 Å². The van der Waals surface area contributed by atoms with Crippen molar-refractivity contribution < 1.29 is 13.2 Å². The molecule has 0 aliphatic carbocycles. The molecule has 1 saturated heterocycles. The normalized spacial score (nSPS) is 16.8. The van der Waals surface area contributed by atoms with Crippen molar-refractivity contribution in [3.63, 3.8) is 0 Å². The molecule has 1 aromatic rings. The number of sulfonamides is 1. The third-order valence-corrected chi connectivity index (χ3v) is 5.36. The largest absolute Gasteiger partial charge is 0.338 e. The number of hydrogen-bond acceptors (Lipinski definition) is 3. The van der Waals surface area contributed by atoms with Crippen LogP contribution in [0.5, 0.6) is 0 Å². The van der Waals surface area contributed by atoms with Gasteiger partial charge < -0.3 is 10.6 Å². The maximum absolute atomic E-state index is 12.1. The fourth-order valence-electron chi connectivity index (χ4n) is 2.34. The predicted molar refractivity (Wildman–Crippen MR) is 88.8 cm³/mol. The van der Waals surface area contributed by atoms with Crippen LogP contribution in [0.15, 0.2) is 18.2 Å². The molecule has 1 aliphatic rings. The van der Waals surface area contributed by atoms with Crippen LogP contribution in [0, 0.1) is 12.8 Å². The molecule has 122 valence electrons. The number of nitrogens with one attached hydrogen (secondary N) is 2. The van der Waals surface area contributed by atoms with Gasteiger partial charge in [0.1, 0.15) is 0 Å². The lowest BCUT2D eigenvalue weighted by Crippen LogP contribution is -2.32. The van der Waals surface area contributed by atoms with Crippen molar-refractivity contribution in [1.82, 2.24) is 5.32 Å². The number of carbonyl (C=O) groups is 1. The van der Waals surface area contributed by atoms with Gasteiger partial charge in [0.25, 0.3) is 0 Å². The number of amides is 2. The van der Waals surface area contributed by atoms with Crippen molar-refractivity contribution in [3.05, 3.63) is 23.8 Å². The smallest absolute Gasteiger partial charge is 0.319 e. The number of rotatable bonds is 4. The van der Waals surface area contributed by atoms with E-state index in [1.54, 1.807) is 12.1 Å². The van der Waals surface area contributed by atoms with E-state index in [1.165, 1.54) is 4.31 Å². The number of urea groups is 1. The van der Waals surface area contributed by atoms with Crippen LogP contribution in [-0.4, -0.2) is 33.3 Å². The average molecular weight is 325 g/mol. The van der Waals surface area contributed by atoms with Crippen LogP contribution in [0.2, 0.25) is 0 Å². The molecule has 1 aromatic carbocycles. The topological polar surface area (TPSA) is 78.5 Å². The Hall–Kier alpha value is -1.76. The van der Waals surface area contributed by atoms with Crippen LogP contribution in [-0.2, 0) is 10.0 Å². The molecule has 1 heterocycles. The van der Waals surface area contributed by atoms with E-state index in [-0.39, 0.29) is 11.8 Å². The summed E-state index contributed by atoms with van der Waals surface area (Å²) in [4.78, 5) is 11.8. The molecular weight excluding hydrogens is 302 g/mol. The SMILES string of the molecule is Cc1ccc(NC(=O)NCC(C)C)cc1N1CCCS1(=O)=O. The Morgan fingerprint density at radius 3 is 2.68 bits per heavy atom. The van der Waals surface area contributed by atoms with E-state index in [9.17, 15) is 13.2 Å². The van der Waals surface area contributed by atoms with E-state index in [0.29, 0.717) is 36.8 Å². The first-order chi connectivity index (χ1) is 10.3. The second-order valence-electron chi connectivity index (χ2n) is 5.97. The molecule has 0 atom stereocenters. The summed E-state index contributed by atoms with van der Waals surface area (Å²) in [7, 11) is -3.22. The molecule has 2 N–H and O–H groups in total. The second kappa shape index (κ2) is 6.56. The van der Waals surface area contributed by atoms with Gasteiger partial charge in [-0.25, -0.2) is 13.2 Å². The van der Waals surface area contributed by atoms with Gasteiger partial charge in [-0.1, -0.05) is 19.9 Å². The third kappa shape index (κ3) is 3.91. The molecule has 22 heavy (non-hydrogen) atoms. The minimum absolute atomic E-state index is 0.180. The number of nitrogens with zero attached hydrogens (tertiary/aromatic N) is 1. The van der Waals surface area contributed by atoms with Gasteiger partial charge in [0.15, 0.2) is 0 Å². The summed E-state index contributed by atoms with van der Waals surface area (Å²) in [6.45, 7) is 6.98. The fraction of sp³-hybridized carbons (Fsp3) is 0.533. The Balaban J connectivity index is 2.15. The zero-order valence-electron chi connectivity index (χ0n) is 13.2. The van der Waals surface area contributed by atoms with E-state index in [4.69, 9.17) is 0 Å². The van der Waals surface area contributed by atoms with Crippen LogP contribution in [0.1, 0.15) is 25.8 Å². The zero-order chi connectivity index (χ0) is 16.3. The van der Waals surface area contributed by atoms with E-state index >= 15 is 0 Å². The number of anilines is 2. The number of benzene rings is 1. The fourth-order valence-corrected chi connectivity index (χ4v) is 3.96. The highest BCUT2D eigenvalue weighted by atomic mass is 32.2. The molecule has 0 unspecified atom stereocenters. The maximum atomic E-state index is 12.1. The van der Waals surface area contributed by atoms with E-state index < -0.39 is 10.0 Å². The first kappa shape index (κ1) is 16.6. The highest BCUT2D eigenvalue weighted by Gasteiger charge is 2.29. The highest BCUT2D eigenvalue weighted by Crippen LogP contribution is 2.29. The van der Waals surface area contributed by atoms with E-state index in [2.05, 4.69) is 10.6 Å². The summed E-state index contributed by atoms with van der Waals surface area (Å²) in [6, 6.07) is 5.03. The van der Waals surface area contributed by atoms with Gasteiger partial charge in [0.2, 0.25) is 10.0 Å². The van der Waals surface area contributed by atoms with Crippen LogP contribution in [0.4, 0.5) is 16.2 Å². The number of hydrogen-bond donors (Lipinski definition) is 2. The van der Waals surface area contributed by atoms with Gasteiger partial charge in [-0.15, -0.1) is 0 Å². The van der Waals surface area contributed by atoms with E-state index in [1.807, 2.05) is 26.8 Å². The quantitative estimate of drug-likeness (QED) is 0.891. The van der Waals surface area contributed by atoms with Crippen LogP contribution < -0.4 is 14.9 Å². The number of carbonyl (C=O) groups excluding carboxylic acids is 1. The molecule has 1 fully saturated rings. The van der Waals surface area contributed by atoms with E-state index in [0.717, 1.165) is 5.56 Å².